The van der Waals surface area contributed by atoms with Gasteiger partial charge in [-0.05, 0) is 43.2 Å². The van der Waals surface area contributed by atoms with Crippen molar-refractivity contribution in [3.8, 4) is 0 Å². The predicted octanol–water partition coefficient (Wildman–Crippen LogP) is 2.61. The van der Waals surface area contributed by atoms with Crippen molar-refractivity contribution < 1.29 is 8.42 Å². The van der Waals surface area contributed by atoms with E-state index in [1.807, 2.05) is 37.6 Å². The van der Waals surface area contributed by atoms with Gasteiger partial charge in [-0.25, -0.2) is 8.42 Å². The van der Waals surface area contributed by atoms with Crippen LogP contribution in [-0.4, -0.2) is 23.2 Å². The highest BCUT2D eigenvalue weighted by molar-refractivity contribution is 8.13. The predicted molar refractivity (Wildman–Crippen MR) is 75.2 cm³/mol. The molecule has 0 aliphatic rings. The fourth-order valence-corrected chi connectivity index (χ4v) is 3.53. The summed E-state index contributed by atoms with van der Waals surface area (Å²) in [6.07, 6.45) is 0.528. The maximum absolute atomic E-state index is 11.6. The molecular weight excluding hydrogens is 306 g/mol. The first-order valence-electron chi connectivity index (χ1n) is 5.60. The fraction of sp³-hybridized carbons (Fsp3) is 0.455. The van der Waals surface area contributed by atoms with E-state index >= 15 is 0 Å². The van der Waals surface area contributed by atoms with E-state index < -0.39 is 14.6 Å². The normalized spacial score (nSPS) is 12.8. The van der Waals surface area contributed by atoms with Crippen molar-refractivity contribution in [3.05, 3.63) is 28.2 Å². The molecule has 0 aliphatic carbocycles. The summed E-state index contributed by atoms with van der Waals surface area (Å²) in [5.74, 6) is 0.588. The Morgan fingerprint density at radius 2 is 2.05 bits per heavy atom. The van der Waals surface area contributed by atoms with Gasteiger partial charge in [-0.15, -0.1) is 10.2 Å². The molecule has 0 spiro atoms. The lowest BCUT2D eigenvalue weighted by molar-refractivity contribution is 0.352. The zero-order valence-electron chi connectivity index (χ0n) is 10.8. The number of halogens is 1. The number of aromatic nitrogens is 3. The Morgan fingerprint density at radius 1 is 1.37 bits per heavy atom. The Kier molecular flexibility index (Phi) is 3.72. The van der Waals surface area contributed by atoms with Crippen LogP contribution < -0.4 is 0 Å². The van der Waals surface area contributed by atoms with Crippen LogP contribution in [0.4, 0.5) is 0 Å². The van der Waals surface area contributed by atoms with Crippen molar-refractivity contribution in [1.29, 1.82) is 0 Å². The van der Waals surface area contributed by atoms with Gasteiger partial charge in [0.1, 0.15) is 5.82 Å². The molecule has 2 rings (SSSR count). The van der Waals surface area contributed by atoms with Crippen molar-refractivity contribution in [2.24, 2.45) is 0 Å². The first kappa shape index (κ1) is 14.5. The van der Waals surface area contributed by atoms with E-state index in [9.17, 15) is 8.42 Å². The molecule has 0 saturated carbocycles. The third-order valence-corrected chi connectivity index (χ3v) is 4.38. The minimum absolute atomic E-state index is 0.202. The van der Waals surface area contributed by atoms with Crippen LogP contribution in [0.2, 0.25) is 0 Å². The molecule has 0 fully saturated rings. The highest BCUT2D eigenvalue weighted by Gasteiger charge is 2.29. The van der Waals surface area contributed by atoms with Gasteiger partial charge in [0.2, 0.25) is 0 Å². The molecule has 0 saturated heterocycles. The smallest absolute Gasteiger partial charge is 0.295 e. The summed E-state index contributed by atoms with van der Waals surface area (Å²) in [5.41, 5.74) is 0.605. The van der Waals surface area contributed by atoms with Crippen molar-refractivity contribution in [1.82, 2.24) is 14.8 Å². The topological polar surface area (TPSA) is 64.8 Å². The second-order valence-corrected chi connectivity index (χ2v) is 8.39. The molecule has 5 nitrogen and oxygen atoms in total. The number of hydrogen-bond donors (Lipinski definition) is 0. The Hall–Kier alpha value is -0.920. The highest BCUT2D eigenvalue weighted by Crippen LogP contribution is 2.25. The minimum Gasteiger partial charge on any atom is -0.295 e. The van der Waals surface area contributed by atoms with Crippen molar-refractivity contribution in [2.45, 2.75) is 37.9 Å². The first-order chi connectivity index (χ1) is 8.69. The molecule has 19 heavy (non-hydrogen) atoms. The third-order valence-electron chi connectivity index (χ3n) is 2.53. The average Bonchev–Trinajstić information content (AvgIpc) is 2.84. The van der Waals surface area contributed by atoms with Gasteiger partial charge in [0.25, 0.3) is 14.2 Å². The fourth-order valence-electron chi connectivity index (χ4n) is 1.82. The highest BCUT2D eigenvalue weighted by atomic mass is 35.7. The summed E-state index contributed by atoms with van der Waals surface area (Å²) in [6, 6.07) is 1.97. The summed E-state index contributed by atoms with van der Waals surface area (Å²) in [4.78, 5) is 0. The maximum atomic E-state index is 11.6. The van der Waals surface area contributed by atoms with E-state index in [0.717, 1.165) is 5.56 Å². The van der Waals surface area contributed by atoms with Crippen molar-refractivity contribution in [3.63, 3.8) is 0 Å². The maximum Gasteiger partial charge on any atom is 0.296 e. The summed E-state index contributed by atoms with van der Waals surface area (Å²) in [7, 11) is 1.51. The summed E-state index contributed by atoms with van der Waals surface area (Å²) in [6.45, 7) is 5.66. The zero-order valence-corrected chi connectivity index (χ0v) is 13.2. The van der Waals surface area contributed by atoms with Crippen LogP contribution in [0.5, 0.6) is 0 Å². The molecule has 0 unspecified atom stereocenters. The lowest BCUT2D eigenvalue weighted by atomic mass is 10.1. The molecule has 0 atom stereocenters. The molecule has 0 N–H and O–H groups in total. The van der Waals surface area contributed by atoms with Gasteiger partial charge in [-0.1, -0.05) is 0 Å². The van der Waals surface area contributed by atoms with Gasteiger partial charge < -0.3 is 0 Å². The molecule has 0 aliphatic heterocycles. The molecule has 2 heterocycles. The summed E-state index contributed by atoms with van der Waals surface area (Å²) in [5, 5.41) is 11.5. The van der Waals surface area contributed by atoms with Gasteiger partial charge in [-0.2, -0.15) is 11.3 Å². The second kappa shape index (κ2) is 4.88. The van der Waals surface area contributed by atoms with E-state index in [-0.39, 0.29) is 5.16 Å². The lowest BCUT2D eigenvalue weighted by Crippen LogP contribution is -2.27. The quantitative estimate of drug-likeness (QED) is 0.816. The Balaban J connectivity index is 2.54. The molecular formula is C11H14ClN3O2S2. The molecule has 104 valence electrons. The summed E-state index contributed by atoms with van der Waals surface area (Å²) >= 11 is 1.58. The second-order valence-electron chi connectivity index (χ2n) is 5.15. The van der Waals surface area contributed by atoms with Gasteiger partial charge in [0.15, 0.2) is 0 Å². The minimum atomic E-state index is -3.91. The van der Waals surface area contributed by atoms with E-state index in [1.165, 1.54) is 0 Å². The molecule has 8 heteroatoms. The molecule has 0 amide bonds. The van der Waals surface area contributed by atoms with E-state index in [0.29, 0.717) is 12.2 Å². The van der Waals surface area contributed by atoms with Crippen LogP contribution >= 0.6 is 22.0 Å². The van der Waals surface area contributed by atoms with Gasteiger partial charge in [0, 0.05) is 22.6 Å². The number of thiophene rings is 1. The first-order valence-corrected chi connectivity index (χ1v) is 8.85. The number of rotatable bonds is 3. The standard InChI is InChI=1S/C11H14ClN3O2S2/c1-11(2,3)15-9(6-8-4-5-18-7-8)13-14-10(15)19(12,16)17/h4-5,7H,6H2,1-3H3. The van der Waals surface area contributed by atoms with Gasteiger partial charge in [0.05, 0.1) is 0 Å². The monoisotopic (exact) mass is 319 g/mol. The largest absolute Gasteiger partial charge is 0.296 e. The Morgan fingerprint density at radius 3 is 2.53 bits per heavy atom. The molecule has 2 aromatic heterocycles. The number of hydrogen-bond acceptors (Lipinski definition) is 5. The van der Waals surface area contributed by atoms with Crippen LogP contribution in [0.3, 0.4) is 0 Å². The van der Waals surface area contributed by atoms with E-state index in [2.05, 4.69) is 10.2 Å². The van der Waals surface area contributed by atoms with Crippen LogP contribution in [0.25, 0.3) is 0 Å². The lowest BCUT2D eigenvalue weighted by Gasteiger charge is -2.23. The van der Waals surface area contributed by atoms with Crippen LogP contribution in [-0.2, 0) is 21.0 Å². The summed E-state index contributed by atoms with van der Waals surface area (Å²) < 4.78 is 24.7. The third kappa shape index (κ3) is 3.16. The SMILES string of the molecule is CC(C)(C)n1c(Cc2ccsc2)nnc1S(=O)(=O)Cl. The zero-order chi connectivity index (χ0) is 14.3. The van der Waals surface area contributed by atoms with E-state index in [1.54, 1.807) is 15.9 Å². The number of nitrogens with zero attached hydrogens (tertiary/aromatic N) is 3. The molecule has 0 aromatic carbocycles. The van der Waals surface area contributed by atoms with Crippen molar-refractivity contribution in [2.75, 3.05) is 0 Å². The van der Waals surface area contributed by atoms with Gasteiger partial charge in [-0.3, -0.25) is 4.57 Å². The Labute approximate surface area is 120 Å². The Bertz CT molecular complexity index is 669. The van der Waals surface area contributed by atoms with E-state index in [4.69, 9.17) is 10.7 Å². The average molecular weight is 320 g/mol. The van der Waals surface area contributed by atoms with Gasteiger partial charge >= 0.3 is 0 Å². The molecule has 0 bridgehead atoms. The molecule has 0 radical (unpaired) electrons. The van der Waals surface area contributed by atoms with Crippen molar-refractivity contribution >= 4 is 31.1 Å². The molecule has 2 aromatic rings. The van der Waals surface area contributed by atoms with Crippen LogP contribution in [0, 0.1) is 0 Å². The van der Waals surface area contributed by atoms with Crippen LogP contribution in [0.1, 0.15) is 32.2 Å². The van der Waals surface area contributed by atoms with Crippen LogP contribution in [0.15, 0.2) is 22.0 Å².